The van der Waals surface area contributed by atoms with Crippen molar-refractivity contribution in [1.82, 2.24) is 0 Å². The second kappa shape index (κ2) is 10.6. The van der Waals surface area contributed by atoms with E-state index in [9.17, 15) is 32.2 Å². The molecule has 15 heteroatoms. The lowest BCUT2D eigenvalue weighted by Crippen LogP contribution is -2.33. The molecule has 0 aliphatic carbocycles. The summed E-state index contributed by atoms with van der Waals surface area (Å²) in [4.78, 5) is 10.6. The summed E-state index contributed by atoms with van der Waals surface area (Å²) in [6.07, 6.45) is -9.73. The normalized spacial score (nSPS) is 14.5. The van der Waals surface area contributed by atoms with E-state index in [1.54, 1.807) is 0 Å². The number of halogens is 5. The molecule has 0 fully saturated rings. The number of ether oxygens (including phenoxy) is 2. The number of nitrogens with zero attached hydrogens (tertiary/aromatic N) is 1. The summed E-state index contributed by atoms with van der Waals surface area (Å²) in [5.74, 6) is -0.669. The first-order valence-electron chi connectivity index (χ1n) is 8.93. The van der Waals surface area contributed by atoms with Gasteiger partial charge >= 0.3 is 20.1 Å². The highest BCUT2D eigenvalue weighted by molar-refractivity contribution is 7.52. The van der Waals surface area contributed by atoms with Crippen LogP contribution >= 0.6 is 19.2 Å². The maximum Gasteiger partial charge on any atom is 0.461 e. The van der Waals surface area contributed by atoms with Crippen molar-refractivity contribution in [1.29, 1.82) is 0 Å². The third-order valence-corrected chi connectivity index (χ3v) is 5.50. The summed E-state index contributed by atoms with van der Waals surface area (Å²) in [6, 6.07) is 6.43. The fourth-order valence-electron chi connectivity index (χ4n) is 2.39. The van der Waals surface area contributed by atoms with E-state index in [1.807, 2.05) is 0 Å². The van der Waals surface area contributed by atoms with Gasteiger partial charge in [-0.3, -0.25) is 19.2 Å². The molecule has 0 aromatic heterocycles. The topological polar surface area (TPSA) is 109 Å². The van der Waals surface area contributed by atoms with Crippen LogP contribution in [0.15, 0.2) is 36.4 Å². The lowest BCUT2D eigenvalue weighted by Gasteiger charge is -2.20. The van der Waals surface area contributed by atoms with Crippen molar-refractivity contribution < 1.29 is 45.6 Å². The van der Waals surface area contributed by atoms with Crippen molar-refractivity contribution in [2.75, 3.05) is 19.1 Å². The van der Waals surface area contributed by atoms with E-state index in [1.165, 1.54) is 32.8 Å². The smallest absolute Gasteiger partial charge is 0.456 e. The molecule has 0 heterocycles. The Morgan fingerprint density at radius 2 is 1.82 bits per heavy atom. The van der Waals surface area contributed by atoms with E-state index >= 15 is 0 Å². The molecule has 0 saturated heterocycles. The van der Waals surface area contributed by atoms with Crippen molar-refractivity contribution in [2.45, 2.75) is 25.7 Å². The molecule has 0 aliphatic rings. The molecular formula is C18H18ClF4N2O7P. The summed E-state index contributed by atoms with van der Waals surface area (Å²) in [5.41, 5.74) is -0.418. The summed E-state index contributed by atoms with van der Waals surface area (Å²) in [7, 11) is -2.22. The van der Waals surface area contributed by atoms with Gasteiger partial charge in [0.05, 0.1) is 9.95 Å². The van der Waals surface area contributed by atoms with Crippen LogP contribution in [0.4, 0.5) is 28.9 Å². The van der Waals surface area contributed by atoms with Gasteiger partial charge in [-0.25, -0.2) is 0 Å². The first-order valence-corrected chi connectivity index (χ1v) is 11.3. The molecule has 0 saturated carbocycles. The Hall–Kier alpha value is -2.60. The fraction of sp³-hybridized carbons (Fsp3) is 0.333. The monoisotopic (exact) mass is 516 g/mol. The van der Waals surface area contributed by atoms with E-state index in [0.717, 1.165) is 24.3 Å². The standard InChI is InChI=1S/C18H18ClF4N2O7P/c1-10(32-33(3,28)29-2)24-14-9-11(4-6-15(14)25(26)27)30-16-7-5-12(8-13(16)19)31-18(22,23)17(20)21/h4-10,17,24H,1-3H3. The van der Waals surface area contributed by atoms with Crippen LogP contribution in [0.25, 0.3) is 0 Å². The first-order chi connectivity index (χ1) is 15.2. The molecule has 2 aromatic carbocycles. The van der Waals surface area contributed by atoms with E-state index in [0.29, 0.717) is 0 Å². The number of benzene rings is 2. The zero-order chi connectivity index (χ0) is 25.0. The minimum atomic E-state index is -4.71. The Balaban J connectivity index is 2.25. The Kier molecular flexibility index (Phi) is 8.52. The maximum absolute atomic E-state index is 13.0. The molecule has 0 radical (unpaired) electrons. The van der Waals surface area contributed by atoms with E-state index in [2.05, 4.69) is 10.1 Å². The zero-order valence-corrected chi connectivity index (χ0v) is 18.9. The van der Waals surface area contributed by atoms with Gasteiger partial charge in [0.1, 0.15) is 29.2 Å². The van der Waals surface area contributed by atoms with Gasteiger partial charge in [0, 0.05) is 32.0 Å². The Morgan fingerprint density at radius 1 is 1.18 bits per heavy atom. The average Bonchev–Trinajstić information content (AvgIpc) is 2.69. The van der Waals surface area contributed by atoms with Gasteiger partial charge in [0.2, 0.25) is 0 Å². The zero-order valence-electron chi connectivity index (χ0n) is 17.3. The van der Waals surface area contributed by atoms with Gasteiger partial charge in [-0.2, -0.15) is 17.6 Å². The molecule has 2 atom stereocenters. The van der Waals surface area contributed by atoms with E-state index in [4.69, 9.17) is 25.4 Å². The molecule has 2 aromatic rings. The molecule has 9 nitrogen and oxygen atoms in total. The summed E-state index contributed by atoms with van der Waals surface area (Å²) < 4.78 is 81.9. The molecule has 0 amide bonds. The SMILES string of the molecule is COP(C)(=O)OC(C)Nc1cc(Oc2ccc(OC(F)(F)C(F)F)cc2Cl)ccc1[N+](=O)[O-]. The minimum Gasteiger partial charge on any atom is -0.456 e. The summed E-state index contributed by atoms with van der Waals surface area (Å²) in [5, 5.41) is 13.7. The van der Waals surface area contributed by atoms with Crippen molar-refractivity contribution in [3.05, 3.63) is 51.5 Å². The number of anilines is 1. The molecule has 2 unspecified atom stereocenters. The van der Waals surface area contributed by atoms with Gasteiger partial charge in [-0.15, -0.1) is 0 Å². The minimum absolute atomic E-state index is 0.0372. The third kappa shape index (κ3) is 7.46. The molecule has 2 rings (SSSR count). The number of nitro groups is 1. The first kappa shape index (κ1) is 26.7. The van der Waals surface area contributed by atoms with Crippen LogP contribution in [-0.4, -0.2) is 37.5 Å². The van der Waals surface area contributed by atoms with Crippen LogP contribution in [0.1, 0.15) is 6.92 Å². The number of nitro benzene ring substituents is 1. The van der Waals surface area contributed by atoms with Crippen LogP contribution in [0, 0.1) is 10.1 Å². The van der Waals surface area contributed by atoms with E-state index in [-0.39, 0.29) is 27.9 Å². The number of hydrogen-bond acceptors (Lipinski definition) is 8. The quantitative estimate of drug-likeness (QED) is 0.118. The lowest BCUT2D eigenvalue weighted by molar-refractivity contribution is -0.384. The summed E-state index contributed by atoms with van der Waals surface area (Å²) >= 11 is 5.96. The highest BCUT2D eigenvalue weighted by Crippen LogP contribution is 2.44. The van der Waals surface area contributed by atoms with Crippen molar-refractivity contribution in [3.8, 4) is 17.2 Å². The van der Waals surface area contributed by atoms with Crippen molar-refractivity contribution in [3.63, 3.8) is 0 Å². The van der Waals surface area contributed by atoms with Crippen LogP contribution in [0.2, 0.25) is 5.02 Å². The van der Waals surface area contributed by atoms with Gasteiger partial charge in [0.25, 0.3) is 5.69 Å². The van der Waals surface area contributed by atoms with Crippen molar-refractivity contribution in [2.24, 2.45) is 0 Å². The predicted molar refractivity (Wildman–Crippen MR) is 111 cm³/mol. The van der Waals surface area contributed by atoms with Gasteiger partial charge in [0.15, 0.2) is 0 Å². The predicted octanol–water partition coefficient (Wildman–Crippen LogP) is 6.52. The Labute approximate surface area is 190 Å². The average molecular weight is 517 g/mol. The highest BCUT2D eigenvalue weighted by Gasteiger charge is 2.44. The molecular weight excluding hydrogens is 499 g/mol. The van der Waals surface area contributed by atoms with Gasteiger partial charge in [-0.05, 0) is 25.1 Å². The maximum atomic E-state index is 13.0. The number of nitrogens with one attached hydrogen (secondary N) is 1. The van der Waals surface area contributed by atoms with Gasteiger partial charge in [-0.1, -0.05) is 11.6 Å². The second-order valence-electron chi connectivity index (χ2n) is 6.44. The van der Waals surface area contributed by atoms with E-state index < -0.39 is 37.0 Å². The Bertz CT molecular complexity index is 1060. The van der Waals surface area contributed by atoms with Crippen LogP contribution in [0.3, 0.4) is 0 Å². The second-order valence-corrected chi connectivity index (χ2v) is 8.97. The fourth-order valence-corrected chi connectivity index (χ4v) is 3.31. The molecule has 1 N–H and O–H groups in total. The number of rotatable bonds is 11. The highest BCUT2D eigenvalue weighted by atomic mass is 35.5. The largest absolute Gasteiger partial charge is 0.461 e. The van der Waals surface area contributed by atoms with Crippen LogP contribution in [-0.2, 0) is 13.6 Å². The molecule has 0 aliphatic heterocycles. The molecule has 182 valence electrons. The van der Waals surface area contributed by atoms with Crippen molar-refractivity contribution >= 4 is 30.6 Å². The molecule has 0 spiro atoms. The number of alkyl halides is 4. The van der Waals surface area contributed by atoms with Crippen LogP contribution < -0.4 is 14.8 Å². The Morgan fingerprint density at radius 3 is 2.36 bits per heavy atom. The lowest BCUT2D eigenvalue weighted by atomic mass is 10.2. The molecule has 33 heavy (non-hydrogen) atoms. The van der Waals surface area contributed by atoms with Gasteiger partial charge < -0.3 is 19.3 Å². The number of hydrogen-bond donors (Lipinski definition) is 1. The summed E-state index contributed by atoms with van der Waals surface area (Å²) in [6.45, 7) is 2.66. The molecule has 0 bridgehead atoms. The van der Waals surface area contributed by atoms with Crippen LogP contribution in [0.5, 0.6) is 17.2 Å². The third-order valence-electron chi connectivity index (χ3n) is 3.84.